The van der Waals surface area contributed by atoms with Crippen molar-refractivity contribution >= 4 is 29.3 Å². The summed E-state index contributed by atoms with van der Waals surface area (Å²) in [6.45, 7) is 2.01. The van der Waals surface area contributed by atoms with E-state index in [-0.39, 0.29) is 0 Å². The normalized spacial score (nSPS) is 24.7. The minimum absolute atomic E-state index is 0.313. The van der Waals surface area contributed by atoms with Crippen LogP contribution in [-0.4, -0.2) is 28.5 Å². The van der Waals surface area contributed by atoms with Gasteiger partial charge in [-0.3, -0.25) is 9.59 Å². The molecular weight excluding hydrogens is 190 g/mol. The van der Waals surface area contributed by atoms with Crippen molar-refractivity contribution in [2.75, 3.05) is 5.75 Å². The number of hydrogen-bond acceptors (Lipinski definition) is 4. The van der Waals surface area contributed by atoms with Crippen LogP contribution in [0.5, 0.6) is 0 Å². The topological polar surface area (TPSA) is 84.6 Å². The molecule has 0 aromatic heterocycles. The number of carbonyl (C=O) groups excluding carboxylic acids is 2. The first-order valence-corrected chi connectivity index (χ1v) is 4.94. The lowest BCUT2D eigenvalue weighted by Gasteiger charge is -2.01. The van der Waals surface area contributed by atoms with Gasteiger partial charge >= 0.3 is 11.8 Å². The van der Waals surface area contributed by atoms with Crippen molar-refractivity contribution in [1.29, 1.82) is 0 Å². The van der Waals surface area contributed by atoms with E-state index in [1.165, 1.54) is 0 Å². The van der Waals surface area contributed by atoms with Crippen LogP contribution >= 0.6 is 11.8 Å². The highest BCUT2D eigenvalue weighted by Gasteiger charge is 2.19. The third-order valence-electron chi connectivity index (χ3n) is 1.72. The average molecular weight is 201 g/mol. The molecule has 0 spiro atoms. The van der Waals surface area contributed by atoms with E-state index in [0.717, 1.165) is 17.9 Å². The van der Waals surface area contributed by atoms with Gasteiger partial charge in [-0.05, 0) is 19.1 Å². The van der Waals surface area contributed by atoms with Crippen molar-refractivity contribution in [2.45, 2.75) is 18.6 Å². The molecule has 5 nitrogen and oxygen atoms in total. The van der Waals surface area contributed by atoms with Crippen molar-refractivity contribution in [3.05, 3.63) is 0 Å². The summed E-state index contributed by atoms with van der Waals surface area (Å²) >= 11 is 1.77. The van der Waals surface area contributed by atoms with Crippen molar-refractivity contribution in [1.82, 2.24) is 5.43 Å². The predicted octanol–water partition coefficient (Wildman–Crippen LogP) is -0.531. The minimum atomic E-state index is -1.01. The number of nitrogens with one attached hydrogen (secondary N) is 1. The van der Waals surface area contributed by atoms with E-state index in [9.17, 15) is 9.59 Å². The summed E-state index contributed by atoms with van der Waals surface area (Å²) in [6, 6.07) is 0. The predicted molar refractivity (Wildman–Crippen MR) is 51.3 cm³/mol. The molecule has 1 heterocycles. The maximum absolute atomic E-state index is 10.7. The molecule has 0 aromatic carbocycles. The molecule has 13 heavy (non-hydrogen) atoms. The van der Waals surface area contributed by atoms with Gasteiger partial charge in [-0.1, -0.05) is 0 Å². The fourth-order valence-electron chi connectivity index (χ4n) is 0.964. The molecule has 0 aliphatic carbocycles. The maximum atomic E-state index is 10.7. The molecule has 1 rings (SSSR count). The van der Waals surface area contributed by atoms with Gasteiger partial charge in [0.25, 0.3) is 0 Å². The first kappa shape index (κ1) is 10.0. The van der Waals surface area contributed by atoms with Crippen LogP contribution in [0.3, 0.4) is 0 Å². The summed E-state index contributed by atoms with van der Waals surface area (Å²) in [7, 11) is 0. The Kier molecular flexibility index (Phi) is 3.30. The van der Waals surface area contributed by atoms with Gasteiger partial charge in [-0.15, -0.1) is 0 Å². The van der Waals surface area contributed by atoms with Gasteiger partial charge in [-0.25, -0.2) is 5.43 Å². The standard InChI is InChI=1S/C7H11N3O2S/c1-4-5(2-3-13-4)9-10-7(12)6(8)11/h4H,2-3H2,1H3,(H2,8,11)(H,10,12)/b9-5+. The molecule has 0 bridgehead atoms. The largest absolute Gasteiger partial charge is 0.361 e. The van der Waals surface area contributed by atoms with Crippen LogP contribution in [0.15, 0.2) is 5.10 Å². The number of carbonyl (C=O) groups is 2. The highest BCUT2D eigenvalue weighted by Crippen LogP contribution is 2.22. The van der Waals surface area contributed by atoms with E-state index < -0.39 is 11.8 Å². The first-order chi connectivity index (χ1) is 6.11. The number of hydrogen-bond donors (Lipinski definition) is 2. The monoisotopic (exact) mass is 201 g/mol. The van der Waals surface area contributed by atoms with E-state index in [1.807, 2.05) is 6.92 Å². The Balaban J connectivity index is 2.48. The van der Waals surface area contributed by atoms with Gasteiger partial charge in [0.2, 0.25) is 0 Å². The van der Waals surface area contributed by atoms with Gasteiger partial charge in [-0.2, -0.15) is 16.9 Å². The fourth-order valence-corrected chi connectivity index (χ4v) is 2.01. The Morgan fingerprint density at radius 1 is 1.69 bits per heavy atom. The number of nitrogens with two attached hydrogens (primary N) is 1. The first-order valence-electron chi connectivity index (χ1n) is 3.89. The summed E-state index contributed by atoms with van der Waals surface area (Å²) in [5.74, 6) is -0.869. The van der Waals surface area contributed by atoms with Crippen molar-refractivity contribution in [2.24, 2.45) is 10.8 Å². The van der Waals surface area contributed by atoms with E-state index in [4.69, 9.17) is 5.73 Å². The zero-order valence-corrected chi connectivity index (χ0v) is 8.06. The van der Waals surface area contributed by atoms with Crippen LogP contribution in [-0.2, 0) is 9.59 Å². The number of rotatable bonds is 1. The summed E-state index contributed by atoms with van der Waals surface area (Å²) in [5.41, 5.74) is 7.75. The molecule has 1 unspecified atom stereocenters. The molecule has 0 saturated carbocycles. The quantitative estimate of drug-likeness (QED) is 0.442. The Labute approximate surface area is 80.1 Å². The van der Waals surface area contributed by atoms with Crippen molar-refractivity contribution in [3.63, 3.8) is 0 Å². The Hall–Kier alpha value is -1.04. The average Bonchev–Trinajstić information content (AvgIpc) is 2.47. The third kappa shape index (κ3) is 2.73. The number of thioether (sulfide) groups is 1. The van der Waals surface area contributed by atoms with Gasteiger partial charge in [0.15, 0.2) is 0 Å². The van der Waals surface area contributed by atoms with Gasteiger partial charge in [0, 0.05) is 5.25 Å². The van der Waals surface area contributed by atoms with Crippen LogP contribution in [0.2, 0.25) is 0 Å². The lowest BCUT2D eigenvalue weighted by Crippen LogP contribution is -2.33. The highest BCUT2D eigenvalue weighted by molar-refractivity contribution is 8.01. The van der Waals surface area contributed by atoms with Crippen LogP contribution in [0, 0.1) is 0 Å². The molecule has 1 saturated heterocycles. The summed E-state index contributed by atoms with van der Waals surface area (Å²) in [6.07, 6.45) is 0.852. The second-order valence-electron chi connectivity index (χ2n) is 2.67. The number of amides is 2. The van der Waals surface area contributed by atoms with Crippen LogP contribution in [0.4, 0.5) is 0 Å². The lowest BCUT2D eigenvalue weighted by atomic mass is 10.2. The SMILES string of the molecule is CC1SCC/C1=N\NC(=O)C(N)=O. The Morgan fingerprint density at radius 2 is 2.38 bits per heavy atom. The van der Waals surface area contributed by atoms with E-state index in [2.05, 4.69) is 10.5 Å². The third-order valence-corrected chi connectivity index (χ3v) is 2.93. The minimum Gasteiger partial charge on any atom is -0.361 e. The highest BCUT2D eigenvalue weighted by atomic mass is 32.2. The zero-order valence-electron chi connectivity index (χ0n) is 7.24. The van der Waals surface area contributed by atoms with E-state index in [0.29, 0.717) is 5.25 Å². The molecule has 0 radical (unpaired) electrons. The van der Waals surface area contributed by atoms with Crippen molar-refractivity contribution in [3.8, 4) is 0 Å². The van der Waals surface area contributed by atoms with Crippen molar-refractivity contribution < 1.29 is 9.59 Å². The van der Waals surface area contributed by atoms with Crippen LogP contribution in [0.25, 0.3) is 0 Å². The summed E-state index contributed by atoms with van der Waals surface area (Å²) < 4.78 is 0. The smallest absolute Gasteiger partial charge is 0.329 e. The molecule has 2 amide bonds. The second kappa shape index (κ2) is 4.27. The molecule has 72 valence electrons. The van der Waals surface area contributed by atoms with Gasteiger partial charge in [0.05, 0.1) is 5.71 Å². The second-order valence-corrected chi connectivity index (χ2v) is 4.12. The Morgan fingerprint density at radius 3 is 2.85 bits per heavy atom. The number of primary amides is 1. The number of hydrazone groups is 1. The molecule has 1 aliphatic rings. The van der Waals surface area contributed by atoms with Crippen LogP contribution in [0.1, 0.15) is 13.3 Å². The molecule has 1 atom stereocenters. The lowest BCUT2D eigenvalue weighted by molar-refractivity contribution is -0.137. The van der Waals surface area contributed by atoms with Crippen LogP contribution < -0.4 is 11.2 Å². The molecule has 3 N–H and O–H groups in total. The molecule has 1 aliphatic heterocycles. The zero-order chi connectivity index (χ0) is 9.84. The summed E-state index contributed by atoms with van der Waals surface area (Å²) in [5, 5.41) is 4.13. The fraction of sp³-hybridized carbons (Fsp3) is 0.571. The van der Waals surface area contributed by atoms with E-state index in [1.54, 1.807) is 11.8 Å². The van der Waals surface area contributed by atoms with Gasteiger partial charge < -0.3 is 5.73 Å². The number of nitrogens with zero attached hydrogens (tertiary/aromatic N) is 1. The Bertz CT molecular complexity index is 264. The molecule has 1 fully saturated rings. The maximum Gasteiger partial charge on any atom is 0.329 e. The molecule has 6 heteroatoms. The molecular formula is C7H11N3O2S. The van der Waals surface area contributed by atoms with E-state index >= 15 is 0 Å². The summed E-state index contributed by atoms with van der Waals surface area (Å²) in [4.78, 5) is 21.0. The molecule has 0 aromatic rings. The van der Waals surface area contributed by atoms with Gasteiger partial charge in [0.1, 0.15) is 0 Å².